The summed E-state index contributed by atoms with van der Waals surface area (Å²) in [6.07, 6.45) is 1.96. The topological polar surface area (TPSA) is 40.2 Å². The average Bonchev–Trinajstić information content (AvgIpc) is 2.64. The highest BCUT2D eigenvalue weighted by atomic mass is 16.5. The van der Waals surface area contributed by atoms with Gasteiger partial charge in [0, 0.05) is 29.2 Å². The lowest BCUT2D eigenvalue weighted by Gasteiger charge is -2.07. The van der Waals surface area contributed by atoms with Crippen molar-refractivity contribution < 1.29 is 4.74 Å². The van der Waals surface area contributed by atoms with Crippen molar-refractivity contribution in [3.63, 3.8) is 0 Å². The van der Waals surface area contributed by atoms with E-state index in [9.17, 15) is 0 Å². The first kappa shape index (κ1) is 13.0. The molecule has 2 aromatic rings. The minimum absolute atomic E-state index is 0.683. The number of aryl methyl sites for hydroxylation is 2. The fourth-order valence-electron chi connectivity index (χ4n) is 2.92. The molecule has 0 saturated carbocycles. The molecule has 1 heterocycles. The molecule has 0 atom stereocenters. The smallest absolute Gasteiger partial charge is 0.122 e. The summed E-state index contributed by atoms with van der Waals surface area (Å²) in [6.45, 7) is 5.00. The van der Waals surface area contributed by atoms with E-state index >= 15 is 0 Å². The molecule has 0 aliphatic carbocycles. The average molecular weight is 246 g/mol. The third kappa shape index (κ3) is 1.79. The molecule has 98 valence electrons. The second kappa shape index (κ2) is 5.02. The van der Waals surface area contributed by atoms with Gasteiger partial charge in [0.15, 0.2) is 0 Å². The van der Waals surface area contributed by atoms with Crippen LogP contribution in [0.3, 0.4) is 0 Å². The van der Waals surface area contributed by atoms with Gasteiger partial charge in [-0.05, 0) is 44.0 Å². The number of methoxy groups -OCH3 is 1. The van der Waals surface area contributed by atoms with E-state index in [1.165, 1.54) is 27.7 Å². The van der Waals surface area contributed by atoms with Gasteiger partial charge in [-0.1, -0.05) is 6.92 Å². The number of rotatable bonds is 4. The summed E-state index contributed by atoms with van der Waals surface area (Å²) in [5.74, 6) is 0.953. The van der Waals surface area contributed by atoms with E-state index in [2.05, 4.69) is 31.5 Å². The van der Waals surface area contributed by atoms with Gasteiger partial charge in [-0.2, -0.15) is 0 Å². The zero-order valence-electron chi connectivity index (χ0n) is 11.7. The highest BCUT2D eigenvalue weighted by Gasteiger charge is 2.16. The van der Waals surface area contributed by atoms with Crippen LogP contribution in [0.25, 0.3) is 10.9 Å². The van der Waals surface area contributed by atoms with E-state index in [1.807, 2.05) is 6.07 Å². The highest BCUT2D eigenvalue weighted by molar-refractivity contribution is 5.90. The number of benzene rings is 1. The Morgan fingerprint density at radius 1 is 1.33 bits per heavy atom. The van der Waals surface area contributed by atoms with Gasteiger partial charge in [0.1, 0.15) is 5.75 Å². The van der Waals surface area contributed by atoms with Gasteiger partial charge in [-0.25, -0.2) is 0 Å². The van der Waals surface area contributed by atoms with Crippen molar-refractivity contribution in [1.29, 1.82) is 0 Å². The second-order valence-corrected chi connectivity index (χ2v) is 4.66. The normalized spacial score (nSPS) is 11.2. The van der Waals surface area contributed by atoms with E-state index in [4.69, 9.17) is 10.5 Å². The fraction of sp³-hybridized carbons (Fsp3) is 0.467. The Balaban J connectivity index is 2.83. The SMILES string of the molecule is CCc1c(CCN)c2c(C)c(OC)ccc2n1C. The maximum Gasteiger partial charge on any atom is 0.122 e. The van der Waals surface area contributed by atoms with E-state index < -0.39 is 0 Å². The maximum absolute atomic E-state index is 5.76. The minimum atomic E-state index is 0.683. The van der Waals surface area contributed by atoms with Gasteiger partial charge >= 0.3 is 0 Å². The minimum Gasteiger partial charge on any atom is -0.496 e. The summed E-state index contributed by atoms with van der Waals surface area (Å²) < 4.78 is 7.71. The van der Waals surface area contributed by atoms with Crippen molar-refractivity contribution in [2.75, 3.05) is 13.7 Å². The Bertz CT molecular complexity index is 570. The van der Waals surface area contributed by atoms with Crippen molar-refractivity contribution in [2.24, 2.45) is 12.8 Å². The van der Waals surface area contributed by atoms with Gasteiger partial charge in [-0.15, -0.1) is 0 Å². The molecule has 0 bridgehead atoms. The lowest BCUT2D eigenvalue weighted by Crippen LogP contribution is -2.05. The largest absolute Gasteiger partial charge is 0.496 e. The van der Waals surface area contributed by atoms with Crippen LogP contribution in [0.2, 0.25) is 0 Å². The van der Waals surface area contributed by atoms with Crippen molar-refractivity contribution in [3.8, 4) is 5.75 Å². The Kier molecular flexibility index (Phi) is 3.62. The van der Waals surface area contributed by atoms with Crippen LogP contribution in [0.4, 0.5) is 0 Å². The molecule has 0 amide bonds. The first-order valence-electron chi connectivity index (χ1n) is 6.49. The zero-order chi connectivity index (χ0) is 13.3. The number of ether oxygens (including phenoxy) is 1. The molecule has 0 aliphatic rings. The third-order valence-corrected chi connectivity index (χ3v) is 3.76. The number of aromatic nitrogens is 1. The summed E-state index contributed by atoms with van der Waals surface area (Å²) in [7, 11) is 3.85. The summed E-state index contributed by atoms with van der Waals surface area (Å²) in [4.78, 5) is 0. The molecular formula is C15H22N2O. The molecule has 1 aromatic carbocycles. The predicted octanol–water partition coefficient (Wildman–Crippen LogP) is 2.56. The van der Waals surface area contributed by atoms with Crippen LogP contribution < -0.4 is 10.5 Å². The number of nitrogens with zero attached hydrogens (tertiary/aromatic N) is 1. The molecule has 0 unspecified atom stereocenters. The summed E-state index contributed by atoms with van der Waals surface area (Å²) in [6, 6.07) is 4.18. The first-order valence-corrected chi connectivity index (χ1v) is 6.49. The fourth-order valence-corrected chi connectivity index (χ4v) is 2.92. The van der Waals surface area contributed by atoms with Gasteiger partial charge in [0.05, 0.1) is 7.11 Å². The number of hydrogen-bond donors (Lipinski definition) is 1. The number of fused-ring (bicyclic) bond motifs is 1. The van der Waals surface area contributed by atoms with Crippen LogP contribution in [0.15, 0.2) is 12.1 Å². The van der Waals surface area contributed by atoms with Crippen molar-refractivity contribution in [3.05, 3.63) is 29.0 Å². The van der Waals surface area contributed by atoms with Gasteiger partial charge in [0.2, 0.25) is 0 Å². The predicted molar refractivity (Wildman–Crippen MR) is 76.3 cm³/mol. The van der Waals surface area contributed by atoms with Crippen LogP contribution in [0, 0.1) is 6.92 Å². The summed E-state index contributed by atoms with van der Waals surface area (Å²) >= 11 is 0. The van der Waals surface area contributed by atoms with Crippen LogP contribution in [-0.2, 0) is 19.9 Å². The molecule has 3 nitrogen and oxygen atoms in total. The monoisotopic (exact) mass is 246 g/mol. The zero-order valence-corrected chi connectivity index (χ0v) is 11.7. The van der Waals surface area contributed by atoms with E-state index in [1.54, 1.807) is 7.11 Å². The molecule has 2 N–H and O–H groups in total. The molecule has 18 heavy (non-hydrogen) atoms. The molecule has 0 saturated heterocycles. The number of hydrogen-bond acceptors (Lipinski definition) is 2. The molecule has 1 aromatic heterocycles. The van der Waals surface area contributed by atoms with E-state index in [0.29, 0.717) is 6.54 Å². The molecule has 0 radical (unpaired) electrons. The van der Waals surface area contributed by atoms with Gasteiger partial charge in [-0.3, -0.25) is 0 Å². The standard InChI is InChI=1S/C15H22N2O/c1-5-12-11(8-9-16)15-10(2)14(18-4)7-6-13(15)17(12)3/h6-7H,5,8-9,16H2,1-4H3. The molecule has 3 heteroatoms. The van der Waals surface area contributed by atoms with Crippen molar-refractivity contribution in [2.45, 2.75) is 26.7 Å². The van der Waals surface area contributed by atoms with E-state index in [-0.39, 0.29) is 0 Å². The van der Waals surface area contributed by atoms with Gasteiger partial charge < -0.3 is 15.0 Å². The Labute approximate surface area is 109 Å². The quantitative estimate of drug-likeness (QED) is 0.900. The van der Waals surface area contributed by atoms with E-state index in [0.717, 1.165) is 18.6 Å². The second-order valence-electron chi connectivity index (χ2n) is 4.66. The van der Waals surface area contributed by atoms with Gasteiger partial charge in [0.25, 0.3) is 0 Å². The van der Waals surface area contributed by atoms with Crippen LogP contribution >= 0.6 is 0 Å². The van der Waals surface area contributed by atoms with Crippen molar-refractivity contribution >= 4 is 10.9 Å². The first-order chi connectivity index (χ1) is 8.65. The maximum atomic E-state index is 5.76. The third-order valence-electron chi connectivity index (χ3n) is 3.76. The summed E-state index contributed by atoms with van der Waals surface area (Å²) in [5.41, 5.74) is 11.0. The molecular weight excluding hydrogens is 224 g/mol. The molecule has 0 fully saturated rings. The molecule has 0 aliphatic heterocycles. The highest BCUT2D eigenvalue weighted by Crippen LogP contribution is 2.33. The van der Waals surface area contributed by atoms with Crippen LogP contribution in [0.1, 0.15) is 23.7 Å². The lowest BCUT2D eigenvalue weighted by molar-refractivity contribution is 0.412. The van der Waals surface area contributed by atoms with Crippen molar-refractivity contribution in [1.82, 2.24) is 4.57 Å². The Hall–Kier alpha value is -1.48. The lowest BCUT2D eigenvalue weighted by atomic mass is 10.0. The van der Waals surface area contributed by atoms with Crippen LogP contribution in [0.5, 0.6) is 5.75 Å². The summed E-state index contributed by atoms with van der Waals surface area (Å²) in [5, 5.41) is 1.32. The van der Waals surface area contributed by atoms with Crippen LogP contribution in [-0.4, -0.2) is 18.2 Å². The Morgan fingerprint density at radius 2 is 2.06 bits per heavy atom. The number of nitrogens with two attached hydrogens (primary N) is 1. The molecule has 0 spiro atoms. The Morgan fingerprint density at radius 3 is 2.61 bits per heavy atom. The molecule has 2 rings (SSSR count).